The van der Waals surface area contributed by atoms with Crippen LogP contribution in [0.1, 0.15) is 48.9 Å². The largest absolute Gasteiger partial charge is 0.346 e. The van der Waals surface area contributed by atoms with Gasteiger partial charge in [-0.3, -0.25) is 4.79 Å². The Morgan fingerprint density at radius 2 is 1.44 bits per heavy atom. The fourth-order valence-electron chi connectivity index (χ4n) is 4.18. The third kappa shape index (κ3) is 6.64. The van der Waals surface area contributed by atoms with E-state index in [1.165, 1.54) is 19.7 Å². The number of nitrogens with zero attached hydrogens (tertiary/aromatic N) is 2. The minimum Gasteiger partial charge on any atom is -0.312 e. The predicted molar refractivity (Wildman–Crippen MR) is 150 cm³/mol. The molecular formula is C29H32ClN3O2S. The maximum absolute atomic E-state index is 12.8. The Labute approximate surface area is 221 Å². The van der Waals surface area contributed by atoms with E-state index in [4.69, 9.17) is 11.6 Å². The molecule has 0 spiro atoms. The molecule has 3 aromatic carbocycles. The molecule has 0 saturated carbocycles. The van der Waals surface area contributed by atoms with Crippen LogP contribution in [-0.4, -0.2) is 15.1 Å². The van der Waals surface area contributed by atoms with Crippen LogP contribution in [0.15, 0.2) is 82.4 Å². The first-order valence-electron chi connectivity index (χ1n) is 12.3. The molecule has 36 heavy (non-hydrogen) atoms. The van der Waals surface area contributed by atoms with E-state index in [0.717, 1.165) is 42.2 Å². The van der Waals surface area contributed by atoms with E-state index in [2.05, 4.69) is 50.4 Å². The predicted octanol–water partition coefficient (Wildman–Crippen LogP) is 5.85. The average Bonchev–Trinajstić information content (AvgIpc) is 3.14. The number of benzene rings is 3. The van der Waals surface area contributed by atoms with Crippen molar-refractivity contribution >= 4 is 23.1 Å². The second-order valence-corrected chi connectivity index (χ2v) is 11.0. The molecule has 4 rings (SSSR count). The van der Waals surface area contributed by atoms with Crippen molar-refractivity contribution < 1.29 is 0 Å². The molecule has 1 unspecified atom stereocenters. The van der Waals surface area contributed by atoms with Gasteiger partial charge in [0.15, 0.2) is 0 Å². The second kappa shape index (κ2) is 11.9. The zero-order chi connectivity index (χ0) is 25.7. The topological polar surface area (TPSA) is 56.0 Å². The lowest BCUT2D eigenvalue weighted by Gasteiger charge is -2.14. The van der Waals surface area contributed by atoms with E-state index in [-0.39, 0.29) is 17.1 Å². The normalized spacial score (nSPS) is 12.2. The fourth-order valence-corrected chi connectivity index (χ4v) is 5.10. The third-order valence-corrected chi connectivity index (χ3v) is 7.37. The number of rotatable bonds is 10. The molecule has 0 aliphatic carbocycles. The molecule has 0 aliphatic heterocycles. The van der Waals surface area contributed by atoms with Crippen LogP contribution in [0.5, 0.6) is 0 Å². The van der Waals surface area contributed by atoms with Crippen LogP contribution in [-0.2, 0) is 19.5 Å². The van der Waals surface area contributed by atoms with Crippen LogP contribution in [0, 0.1) is 5.92 Å². The van der Waals surface area contributed by atoms with Gasteiger partial charge in [0.25, 0.3) is 0 Å². The number of nitrogens with one attached hydrogen (secondary N) is 1. The molecule has 188 valence electrons. The van der Waals surface area contributed by atoms with Gasteiger partial charge in [-0.1, -0.05) is 80.9 Å². The van der Waals surface area contributed by atoms with Crippen molar-refractivity contribution in [1.82, 2.24) is 13.8 Å². The Kier molecular flexibility index (Phi) is 8.62. The van der Waals surface area contributed by atoms with Crippen molar-refractivity contribution in [3.05, 3.63) is 120 Å². The van der Waals surface area contributed by atoms with Crippen molar-refractivity contribution in [2.75, 3.05) is 6.54 Å². The number of hydrogen-bond acceptors (Lipinski definition) is 4. The Hall–Kier alpha value is -2.93. The van der Waals surface area contributed by atoms with Gasteiger partial charge in [0, 0.05) is 29.6 Å². The third-order valence-electron chi connectivity index (χ3n) is 6.19. The van der Waals surface area contributed by atoms with Gasteiger partial charge in [-0.15, -0.1) is 0 Å². The molecule has 5 nitrogen and oxygen atoms in total. The lowest BCUT2D eigenvalue weighted by Crippen LogP contribution is -2.28. The Morgan fingerprint density at radius 1 is 0.833 bits per heavy atom. The van der Waals surface area contributed by atoms with Crippen molar-refractivity contribution in [3.8, 4) is 5.69 Å². The van der Waals surface area contributed by atoms with Crippen molar-refractivity contribution in [2.24, 2.45) is 5.92 Å². The van der Waals surface area contributed by atoms with Crippen LogP contribution in [0.25, 0.3) is 5.69 Å². The first-order valence-corrected chi connectivity index (χ1v) is 13.4. The quantitative estimate of drug-likeness (QED) is 0.284. The van der Waals surface area contributed by atoms with Crippen LogP contribution in [0.3, 0.4) is 0 Å². The van der Waals surface area contributed by atoms with Crippen molar-refractivity contribution in [2.45, 2.75) is 46.2 Å². The van der Waals surface area contributed by atoms with E-state index in [1.807, 2.05) is 24.3 Å². The van der Waals surface area contributed by atoms with Crippen LogP contribution < -0.4 is 15.9 Å². The molecule has 1 N–H and O–H groups in total. The summed E-state index contributed by atoms with van der Waals surface area (Å²) in [4.78, 5) is 25.0. The minimum atomic E-state index is -0.343. The summed E-state index contributed by atoms with van der Waals surface area (Å²) in [5.74, 6) is 1.09. The Bertz CT molecular complexity index is 1380. The van der Waals surface area contributed by atoms with E-state index in [9.17, 15) is 9.59 Å². The standard InChI is InChI=1S/C29H32ClN3O2S/c1-20(2)16-22-8-10-25(11-9-22)21(3)17-31-18-23-4-6-24(7-5-23)19-32-28(34)33(36-29(32)35)27-14-12-26(30)13-15-27/h4-15,20-21,31H,16-19H2,1-3H3. The summed E-state index contributed by atoms with van der Waals surface area (Å²) in [6.07, 6.45) is 1.11. The van der Waals surface area contributed by atoms with Gasteiger partial charge in [-0.25, -0.2) is 13.3 Å². The monoisotopic (exact) mass is 521 g/mol. The first-order chi connectivity index (χ1) is 17.3. The molecule has 0 saturated heterocycles. The number of aromatic nitrogens is 2. The lowest BCUT2D eigenvalue weighted by molar-refractivity contribution is 0.614. The lowest BCUT2D eigenvalue weighted by atomic mass is 9.96. The van der Waals surface area contributed by atoms with Gasteiger partial charge in [-0.05, 0) is 64.8 Å². The van der Waals surface area contributed by atoms with Gasteiger partial charge in [-0.2, -0.15) is 0 Å². The highest BCUT2D eigenvalue weighted by Gasteiger charge is 2.12. The summed E-state index contributed by atoms with van der Waals surface area (Å²) in [7, 11) is 0. The van der Waals surface area contributed by atoms with E-state index < -0.39 is 0 Å². The molecule has 0 bridgehead atoms. The molecule has 0 aliphatic rings. The van der Waals surface area contributed by atoms with Crippen LogP contribution in [0.4, 0.5) is 0 Å². The van der Waals surface area contributed by atoms with Crippen molar-refractivity contribution in [1.29, 1.82) is 0 Å². The average molecular weight is 522 g/mol. The van der Waals surface area contributed by atoms with Crippen LogP contribution >= 0.6 is 23.1 Å². The van der Waals surface area contributed by atoms with E-state index in [1.54, 1.807) is 24.3 Å². The molecular weight excluding hydrogens is 490 g/mol. The molecule has 1 heterocycles. The zero-order valence-corrected chi connectivity index (χ0v) is 22.5. The summed E-state index contributed by atoms with van der Waals surface area (Å²) in [6.45, 7) is 8.62. The molecule has 0 radical (unpaired) electrons. The summed E-state index contributed by atoms with van der Waals surface area (Å²) in [5.41, 5.74) is 5.10. The van der Waals surface area contributed by atoms with Gasteiger partial charge in [0.2, 0.25) is 0 Å². The van der Waals surface area contributed by atoms with Crippen LogP contribution in [0.2, 0.25) is 5.02 Å². The minimum absolute atomic E-state index is 0.242. The second-order valence-electron chi connectivity index (χ2n) is 9.68. The summed E-state index contributed by atoms with van der Waals surface area (Å²) >= 11 is 6.83. The molecule has 4 aromatic rings. The molecule has 1 aromatic heterocycles. The number of halogens is 1. The van der Waals surface area contributed by atoms with Gasteiger partial charge in [0.1, 0.15) is 0 Å². The highest BCUT2D eigenvalue weighted by molar-refractivity contribution is 7.03. The smallest absolute Gasteiger partial charge is 0.312 e. The zero-order valence-electron chi connectivity index (χ0n) is 20.9. The summed E-state index contributed by atoms with van der Waals surface area (Å²) < 4.78 is 2.66. The molecule has 7 heteroatoms. The van der Waals surface area contributed by atoms with Crippen molar-refractivity contribution in [3.63, 3.8) is 0 Å². The van der Waals surface area contributed by atoms with Gasteiger partial charge >= 0.3 is 10.6 Å². The highest BCUT2D eigenvalue weighted by Crippen LogP contribution is 2.17. The maximum Gasteiger partial charge on any atom is 0.346 e. The molecule has 0 amide bonds. The van der Waals surface area contributed by atoms with Gasteiger partial charge < -0.3 is 5.32 Å². The van der Waals surface area contributed by atoms with Gasteiger partial charge in [0.05, 0.1) is 12.2 Å². The SMILES string of the molecule is CC(C)Cc1ccc(C(C)CNCc2ccc(Cn3c(=O)sn(-c4ccc(Cl)cc4)c3=O)cc2)cc1. The Balaban J connectivity index is 1.32. The first kappa shape index (κ1) is 26.1. The van der Waals surface area contributed by atoms with E-state index >= 15 is 0 Å². The molecule has 0 fully saturated rings. The summed E-state index contributed by atoms with van der Waals surface area (Å²) in [6, 6.07) is 23.9. The maximum atomic E-state index is 12.8. The number of hydrogen-bond donors (Lipinski definition) is 1. The van der Waals surface area contributed by atoms with E-state index in [0.29, 0.717) is 22.5 Å². The molecule has 1 atom stereocenters. The Morgan fingerprint density at radius 3 is 2.08 bits per heavy atom. The highest BCUT2D eigenvalue weighted by atomic mass is 35.5. The summed E-state index contributed by atoms with van der Waals surface area (Å²) in [5, 5.41) is 4.13. The fraction of sp³-hybridized carbons (Fsp3) is 0.310.